The summed E-state index contributed by atoms with van der Waals surface area (Å²) < 4.78 is 28.1. The van der Waals surface area contributed by atoms with Gasteiger partial charge in [0.15, 0.2) is 4.34 Å². The first-order valence-corrected chi connectivity index (χ1v) is 11.0. The number of nitrogens with zero attached hydrogens (tertiary/aromatic N) is 4. The first-order chi connectivity index (χ1) is 12.9. The topological polar surface area (TPSA) is 127 Å². The van der Waals surface area contributed by atoms with E-state index in [1.807, 2.05) is 11.0 Å². The predicted octanol–water partition coefficient (Wildman–Crippen LogP) is 2.54. The molecule has 0 bridgehead atoms. The highest BCUT2D eigenvalue weighted by molar-refractivity contribution is 8.00. The molecule has 0 aliphatic heterocycles. The highest BCUT2D eigenvalue weighted by Crippen LogP contribution is 2.32. The summed E-state index contributed by atoms with van der Waals surface area (Å²) >= 11 is 2.68. The second-order valence-corrected chi connectivity index (χ2v) is 8.84. The fraction of sp³-hybridized carbons (Fsp3) is 0.133. The van der Waals surface area contributed by atoms with E-state index < -0.39 is 16.1 Å². The molecule has 27 heavy (non-hydrogen) atoms. The normalized spacial score (nSPS) is 11.2. The molecule has 0 saturated carbocycles. The summed E-state index contributed by atoms with van der Waals surface area (Å²) in [6, 6.07) is 6.96. The van der Waals surface area contributed by atoms with Gasteiger partial charge in [-0.1, -0.05) is 41.3 Å². The van der Waals surface area contributed by atoms with Gasteiger partial charge in [-0.05, 0) is 25.3 Å². The molecule has 1 aromatic carbocycles. The van der Waals surface area contributed by atoms with Gasteiger partial charge in [-0.2, -0.15) is 0 Å². The van der Waals surface area contributed by atoms with E-state index >= 15 is 0 Å². The van der Waals surface area contributed by atoms with E-state index in [1.54, 1.807) is 31.2 Å². The molecule has 0 radical (unpaired) electrons. The van der Waals surface area contributed by atoms with Crippen molar-refractivity contribution in [1.29, 1.82) is 0 Å². The van der Waals surface area contributed by atoms with Crippen LogP contribution in [0.4, 0.5) is 10.7 Å². The lowest BCUT2D eigenvalue weighted by atomic mass is 10.2. The van der Waals surface area contributed by atoms with Crippen LogP contribution in [0, 0.1) is 6.92 Å². The molecule has 0 unspecified atom stereocenters. The molecule has 0 saturated heterocycles. The molecule has 2 amide bonds. The van der Waals surface area contributed by atoms with Gasteiger partial charge in [0.2, 0.25) is 5.95 Å². The lowest BCUT2D eigenvalue weighted by molar-refractivity contribution is 0.256. The van der Waals surface area contributed by atoms with Crippen LogP contribution in [0.25, 0.3) is 10.6 Å². The molecule has 0 spiro atoms. The van der Waals surface area contributed by atoms with E-state index in [4.69, 9.17) is 0 Å². The molecule has 2 aromatic heterocycles. The van der Waals surface area contributed by atoms with Crippen molar-refractivity contribution in [2.75, 3.05) is 11.6 Å². The number of carbonyl (C=O) groups excluding carboxylic acids is 1. The molecule has 9 nitrogen and oxygen atoms in total. The number of thioether (sulfide) groups is 1. The number of benzene rings is 1. The fourth-order valence-corrected chi connectivity index (χ4v) is 4.58. The van der Waals surface area contributed by atoms with E-state index in [1.165, 1.54) is 35.4 Å². The summed E-state index contributed by atoms with van der Waals surface area (Å²) in [5.41, 5.74) is 0.997. The third-order valence-corrected chi connectivity index (χ3v) is 6.56. The average Bonchev–Trinajstić information content (AvgIpc) is 3.10. The number of amides is 2. The molecule has 2 heterocycles. The van der Waals surface area contributed by atoms with Crippen LogP contribution < -0.4 is 10.0 Å². The maximum absolute atomic E-state index is 12.7. The second-order valence-electron chi connectivity index (χ2n) is 5.15. The summed E-state index contributed by atoms with van der Waals surface area (Å²) in [6.07, 6.45) is 3.31. The van der Waals surface area contributed by atoms with E-state index in [0.717, 1.165) is 0 Å². The maximum Gasteiger partial charge on any atom is 0.335 e. The molecule has 3 aromatic rings. The standard InChI is InChI=1S/C15H14N6O3S3/c1-9-7-8-16-13(17-9)18-14(22)21-27(23,24)11-6-4-3-5-10(11)12-19-20-15(25-2)26-12/h3-8H,1-2H3,(H2,16,17,18,21,22). The van der Waals surface area contributed by atoms with E-state index in [-0.39, 0.29) is 10.8 Å². The largest absolute Gasteiger partial charge is 0.335 e. The van der Waals surface area contributed by atoms with Crippen molar-refractivity contribution in [2.24, 2.45) is 0 Å². The summed E-state index contributed by atoms with van der Waals surface area (Å²) in [4.78, 5) is 19.9. The second kappa shape index (κ2) is 7.98. The Hall–Kier alpha value is -2.57. The molecule has 12 heteroatoms. The van der Waals surface area contributed by atoms with Gasteiger partial charge < -0.3 is 0 Å². The van der Waals surface area contributed by atoms with Crippen LogP contribution in [0.2, 0.25) is 0 Å². The van der Waals surface area contributed by atoms with Crippen LogP contribution in [0.1, 0.15) is 5.69 Å². The highest BCUT2D eigenvalue weighted by Gasteiger charge is 2.23. The number of rotatable bonds is 5. The van der Waals surface area contributed by atoms with Gasteiger partial charge in [-0.15, -0.1) is 10.2 Å². The predicted molar refractivity (Wildman–Crippen MR) is 103 cm³/mol. The van der Waals surface area contributed by atoms with Crippen molar-refractivity contribution in [3.63, 3.8) is 0 Å². The van der Waals surface area contributed by atoms with Gasteiger partial charge in [0.25, 0.3) is 10.0 Å². The van der Waals surface area contributed by atoms with Crippen molar-refractivity contribution >= 4 is 45.1 Å². The molecular formula is C15H14N6O3S3. The van der Waals surface area contributed by atoms with Crippen molar-refractivity contribution < 1.29 is 13.2 Å². The molecule has 2 N–H and O–H groups in total. The van der Waals surface area contributed by atoms with E-state index in [9.17, 15) is 13.2 Å². The van der Waals surface area contributed by atoms with Gasteiger partial charge in [-0.3, -0.25) is 5.32 Å². The number of urea groups is 1. The summed E-state index contributed by atoms with van der Waals surface area (Å²) in [5, 5.41) is 10.8. The molecular weight excluding hydrogens is 408 g/mol. The Balaban J connectivity index is 1.86. The lowest BCUT2D eigenvalue weighted by Gasteiger charge is -2.10. The third kappa shape index (κ3) is 4.59. The minimum atomic E-state index is -4.15. The Kier molecular flexibility index (Phi) is 5.68. The van der Waals surface area contributed by atoms with Crippen LogP contribution in [-0.2, 0) is 10.0 Å². The first kappa shape index (κ1) is 19.2. The number of anilines is 1. The summed E-state index contributed by atoms with van der Waals surface area (Å²) in [6.45, 7) is 1.72. The summed E-state index contributed by atoms with van der Waals surface area (Å²) in [7, 11) is -4.15. The molecule has 0 atom stereocenters. The number of carbonyl (C=O) groups is 1. The van der Waals surface area contributed by atoms with Crippen molar-refractivity contribution in [3.8, 4) is 10.6 Å². The monoisotopic (exact) mass is 422 g/mol. The van der Waals surface area contributed by atoms with Crippen molar-refractivity contribution in [2.45, 2.75) is 16.2 Å². The minimum Gasteiger partial charge on any atom is -0.275 e. The molecule has 3 rings (SSSR count). The first-order valence-electron chi connectivity index (χ1n) is 7.49. The molecule has 0 aliphatic carbocycles. The maximum atomic E-state index is 12.7. The Morgan fingerprint density at radius 2 is 1.96 bits per heavy atom. The van der Waals surface area contributed by atoms with Crippen LogP contribution in [0.5, 0.6) is 0 Å². The number of sulfonamides is 1. The SMILES string of the molecule is CSc1nnc(-c2ccccc2S(=O)(=O)NC(=O)Nc2nccc(C)n2)s1. The Morgan fingerprint density at radius 1 is 1.19 bits per heavy atom. The highest BCUT2D eigenvalue weighted by atomic mass is 32.2. The number of aryl methyl sites for hydroxylation is 1. The quantitative estimate of drug-likeness (QED) is 0.601. The number of nitrogens with one attached hydrogen (secondary N) is 2. The van der Waals surface area contributed by atoms with Crippen molar-refractivity contribution in [1.82, 2.24) is 24.9 Å². The van der Waals surface area contributed by atoms with Crippen LogP contribution in [-0.4, -0.2) is 40.9 Å². The lowest BCUT2D eigenvalue weighted by Crippen LogP contribution is -2.35. The minimum absolute atomic E-state index is 0.00437. The van der Waals surface area contributed by atoms with E-state index in [2.05, 4.69) is 25.5 Å². The van der Waals surface area contributed by atoms with Crippen LogP contribution in [0.3, 0.4) is 0 Å². The van der Waals surface area contributed by atoms with Gasteiger partial charge in [-0.25, -0.2) is 27.9 Å². The van der Waals surface area contributed by atoms with Crippen LogP contribution in [0.15, 0.2) is 45.8 Å². The van der Waals surface area contributed by atoms with Crippen molar-refractivity contribution in [3.05, 3.63) is 42.2 Å². The zero-order valence-electron chi connectivity index (χ0n) is 14.2. The number of aromatic nitrogens is 4. The molecule has 0 fully saturated rings. The number of hydrogen-bond donors (Lipinski definition) is 2. The zero-order valence-corrected chi connectivity index (χ0v) is 16.7. The van der Waals surface area contributed by atoms with E-state index in [0.29, 0.717) is 20.6 Å². The number of hydrogen-bond acceptors (Lipinski definition) is 9. The molecule has 0 aliphatic rings. The van der Waals surface area contributed by atoms with Crippen LogP contribution >= 0.6 is 23.1 Å². The van der Waals surface area contributed by atoms with Gasteiger partial charge >= 0.3 is 6.03 Å². The molecule has 140 valence electrons. The summed E-state index contributed by atoms with van der Waals surface area (Å²) in [5.74, 6) is 0.00437. The Morgan fingerprint density at radius 3 is 2.67 bits per heavy atom. The Labute approximate surface area is 163 Å². The smallest absolute Gasteiger partial charge is 0.275 e. The zero-order chi connectivity index (χ0) is 19.4. The average molecular weight is 423 g/mol. The van der Waals surface area contributed by atoms with Gasteiger partial charge in [0.05, 0.1) is 4.90 Å². The van der Waals surface area contributed by atoms with Gasteiger partial charge in [0.1, 0.15) is 5.01 Å². The fourth-order valence-electron chi connectivity index (χ4n) is 2.09. The third-order valence-electron chi connectivity index (χ3n) is 3.24. The van der Waals surface area contributed by atoms with Gasteiger partial charge in [0, 0.05) is 17.5 Å². The Bertz CT molecular complexity index is 1080.